The number of pyridine rings is 1. The number of rotatable bonds is 1. The number of aromatic amines is 1. The van der Waals surface area contributed by atoms with Crippen LogP contribution in [-0.4, -0.2) is 4.98 Å². The minimum absolute atomic E-state index is 0.131. The van der Waals surface area contributed by atoms with Gasteiger partial charge in [-0.15, -0.1) is 0 Å². The Balaban J connectivity index is 2.78. The molecule has 0 radical (unpaired) electrons. The molecule has 0 fully saturated rings. The molecule has 0 aliphatic heterocycles. The summed E-state index contributed by atoms with van der Waals surface area (Å²) in [6, 6.07) is 7.20. The zero-order chi connectivity index (χ0) is 12.4. The van der Waals surface area contributed by atoms with Gasteiger partial charge >= 0.3 is 0 Å². The molecule has 1 heterocycles. The number of nitriles is 1. The smallest absolute Gasteiger partial charge is 0.266 e. The maximum atomic E-state index is 13.6. The predicted octanol–water partition coefficient (Wildman–Crippen LogP) is 2.71. The van der Waals surface area contributed by atoms with Crippen LogP contribution in [0.5, 0.6) is 0 Å². The van der Waals surface area contributed by atoms with Crippen LogP contribution in [0, 0.1) is 17.1 Å². The van der Waals surface area contributed by atoms with E-state index >= 15 is 0 Å². The lowest BCUT2D eigenvalue weighted by Gasteiger charge is -2.05. The van der Waals surface area contributed by atoms with Crippen molar-refractivity contribution in [2.24, 2.45) is 0 Å². The number of H-pyrrole nitrogens is 1. The second-order valence-electron chi connectivity index (χ2n) is 3.33. The molecule has 2 rings (SSSR count). The molecule has 0 aliphatic carbocycles. The average Bonchev–Trinajstić information content (AvgIpc) is 2.32. The SMILES string of the molecule is N#Cc1c(-c2cc(Cl)ccc2F)cc[nH]c1=O. The number of benzene rings is 1. The maximum absolute atomic E-state index is 13.6. The first-order chi connectivity index (χ1) is 8.13. The van der Waals surface area contributed by atoms with Crippen LogP contribution in [0.15, 0.2) is 35.3 Å². The molecule has 0 atom stereocenters. The van der Waals surface area contributed by atoms with E-state index in [1.54, 1.807) is 6.07 Å². The van der Waals surface area contributed by atoms with Crippen LogP contribution in [-0.2, 0) is 0 Å². The molecular formula is C12H6ClFN2O. The van der Waals surface area contributed by atoms with E-state index in [9.17, 15) is 9.18 Å². The second kappa shape index (κ2) is 4.40. The van der Waals surface area contributed by atoms with Gasteiger partial charge in [0, 0.05) is 22.3 Å². The summed E-state index contributed by atoms with van der Waals surface area (Å²) in [6.45, 7) is 0. The third-order valence-corrected chi connectivity index (χ3v) is 2.53. The minimum atomic E-state index is -0.552. The minimum Gasteiger partial charge on any atom is -0.328 e. The van der Waals surface area contributed by atoms with Gasteiger partial charge in [0.15, 0.2) is 0 Å². The number of hydrogen-bond acceptors (Lipinski definition) is 2. The molecule has 84 valence electrons. The predicted molar refractivity (Wildman–Crippen MR) is 62.2 cm³/mol. The Hall–Kier alpha value is -2.12. The molecule has 0 saturated heterocycles. The lowest BCUT2D eigenvalue weighted by Crippen LogP contribution is -2.10. The maximum Gasteiger partial charge on any atom is 0.266 e. The number of aromatic nitrogens is 1. The van der Waals surface area contributed by atoms with E-state index in [2.05, 4.69) is 4.98 Å². The summed E-state index contributed by atoms with van der Waals surface area (Å²) in [4.78, 5) is 13.8. The van der Waals surface area contributed by atoms with Crippen LogP contribution >= 0.6 is 11.6 Å². The van der Waals surface area contributed by atoms with Gasteiger partial charge in [-0.2, -0.15) is 5.26 Å². The highest BCUT2D eigenvalue weighted by molar-refractivity contribution is 6.30. The molecule has 1 aromatic carbocycles. The van der Waals surface area contributed by atoms with Crippen LogP contribution in [0.1, 0.15) is 5.56 Å². The van der Waals surface area contributed by atoms with Gasteiger partial charge in [-0.25, -0.2) is 4.39 Å². The van der Waals surface area contributed by atoms with Crippen molar-refractivity contribution in [3.63, 3.8) is 0 Å². The monoisotopic (exact) mass is 248 g/mol. The molecule has 0 amide bonds. The van der Waals surface area contributed by atoms with Crippen LogP contribution in [0.3, 0.4) is 0 Å². The first-order valence-corrected chi connectivity index (χ1v) is 5.08. The van der Waals surface area contributed by atoms with Crippen molar-refractivity contribution in [3.05, 3.63) is 57.2 Å². The zero-order valence-corrected chi connectivity index (χ0v) is 9.25. The Morgan fingerprint density at radius 1 is 1.29 bits per heavy atom. The second-order valence-corrected chi connectivity index (χ2v) is 3.77. The van der Waals surface area contributed by atoms with E-state index in [1.165, 1.54) is 30.5 Å². The van der Waals surface area contributed by atoms with Crippen LogP contribution < -0.4 is 5.56 Å². The van der Waals surface area contributed by atoms with Crippen molar-refractivity contribution >= 4 is 11.6 Å². The van der Waals surface area contributed by atoms with Crippen molar-refractivity contribution < 1.29 is 4.39 Å². The lowest BCUT2D eigenvalue weighted by molar-refractivity contribution is 0.631. The van der Waals surface area contributed by atoms with E-state index in [1.807, 2.05) is 0 Å². The van der Waals surface area contributed by atoms with Crippen molar-refractivity contribution in [1.29, 1.82) is 5.26 Å². The molecule has 3 nitrogen and oxygen atoms in total. The van der Waals surface area contributed by atoms with E-state index in [0.29, 0.717) is 5.02 Å². The van der Waals surface area contributed by atoms with Crippen LogP contribution in [0.25, 0.3) is 11.1 Å². The molecule has 1 aromatic heterocycles. The van der Waals surface area contributed by atoms with Gasteiger partial charge in [-0.1, -0.05) is 11.6 Å². The summed E-state index contributed by atoms with van der Waals surface area (Å²) in [6.07, 6.45) is 1.36. The normalized spacial score (nSPS) is 9.94. The summed E-state index contributed by atoms with van der Waals surface area (Å²) < 4.78 is 13.6. The lowest BCUT2D eigenvalue weighted by atomic mass is 10.0. The van der Waals surface area contributed by atoms with Crippen molar-refractivity contribution in [3.8, 4) is 17.2 Å². The molecule has 1 N–H and O–H groups in total. The zero-order valence-electron chi connectivity index (χ0n) is 8.50. The number of hydrogen-bond donors (Lipinski definition) is 1. The topological polar surface area (TPSA) is 56.6 Å². The van der Waals surface area contributed by atoms with Gasteiger partial charge in [-0.05, 0) is 24.3 Å². The van der Waals surface area contributed by atoms with Gasteiger partial charge in [0.1, 0.15) is 17.4 Å². The van der Waals surface area contributed by atoms with E-state index in [-0.39, 0.29) is 16.7 Å². The fourth-order valence-electron chi connectivity index (χ4n) is 1.52. The number of nitrogens with zero attached hydrogens (tertiary/aromatic N) is 1. The van der Waals surface area contributed by atoms with E-state index in [0.717, 1.165) is 0 Å². The van der Waals surface area contributed by atoms with E-state index in [4.69, 9.17) is 16.9 Å². The van der Waals surface area contributed by atoms with Gasteiger partial charge in [-0.3, -0.25) is 4.79 Å². The average molecular weight is 249 g/mol. The first-order valence-electron chi connectivity index (χ1n) is 4.70. The molecule has 17 heavy (non-hydrogen) atoms. The third kappa shape index (κ3) is 2.05. The summed E-state index contributed by atoms with van der Waals surface area (Å²) >= 11 is 5.77. The molecule has 2 aromatic rings. The number of nitrogens with one attached hydrogen (secondary N) is 1. The largest absolute Gasteiger partial charge is 0.328 e. The van der Waals surface area contributed by atoms with Crippen molar-refractivity contribution in [2.75, 3.05) is 0 Å². The summed E-state index contributed by atoms with van der Waals surface area (Å²) in [5.74, 6) is -0.531. The van der Waals surface area contributed by atoms with Crippen molar-refractivity contribution in [2.45, 2.75) is 0 Å². The molecule has 0 spiro atoms. The summed E-state index contributed by atoms with van der Waals surface area (Å²) in [5.41, 5.74) is -0.311. The van der Waals surface area contributed by atoms with E-state index < -0.39 is 11.4 Å². The van der Waals surface area contributed by atoms with Crippen LogP contribution in [0.4, 0.5) is 4.39 Å². The molecule has 5 heteroatoms. The standard InChI is InChI=1S/C12H6ClFN2O/c13-7-1-2-11(14)9(5-7)8-3-4-16-12(17)10(8)6-15/h1-5H,(H,16,17). The molecule has 0 bridgehead atoms. The Labute approximate surface area is 101 Å². The fraction of sp³-hybridized carbons (Fsp3) is 0. The highest BCUT2D eigenvalue weighted by Gasteiger charge is 2.12. The highest BCUT2D eigenvalue weighted by Crippen LogP contribution is 2.26. The quantitative estimate of drug-likeness (QED) is 0.844. The Morgan fingerprint density at radius 2 is 2.06 bits per heavy atom. The van der Waals surface area contributed by atoms with Gasteiger partial charge in [0.05, 0.1) is 0 Å². The van der Waals surface area contributed by atoms with Gasteiger partial charge in [0.25, 0.3) is 5.56 Å². The Morgan fingerprint density at radius 3 is 2.76 bits per heavy atom. The molecule has 0 saturated carbocycles. The Bertz CT molecular complexity index is 673. The molecule has 0 unspecified atom stereocenters. The van der Waals surface area contributed by atoms with Crippen molar-refractivity contribution in [1.82, 2.24) is 4.98 Å². The molecular weight excluding hydrogens is 243 g/mol. The summed E-state index contributed by atoms with van der Waals surface area (Å²) in [7, 11) is 0. The van der Waals surface area contributed by atoms with Gasteiger partial charge < -0.3 is 4.98 Å². The molecule has 0 aliphatic rings. The van der Waals surface area contributed by atoms with Gasteiger partial charge in [0.2, 0.25) is 0 Å². The first kappa shape index (κ1) is 11.4. The van der Waals surface area contributed by atoms with Crippen LogP contribution in [0.2, 0.25) is 5.02 Å². The summed E-state index contributed by atoms with van der Waals surface area (Å²) in [5, 5.41) is 9.23. The Kier molecular flexibility index (Phi) is 2.94. The third-order valence-electron chi connectivity index (χ3n) is 2.29. The highest BCUT2D eigenvalue weighted by atomic mass is 35.5. The number of halogens is 2. The fourth-order valence-corrected chi connectivity index (χ4v) is 1.69.